The Hall–Kier alpha value is -2.12. The molecule has 0 spiro atoms. The van der Waals surface area contributed by atoms with Gasteiger partial charge >= 0.3 is 0 Å². The predicted octanol–water partition coefficient (Wildman–Crippen LogP) is 5.70. The third-order valence-electron chi connectivity index (χ3n) is 4.49. The lowest BCUT2D eigenvalue weighted by Crippen LogP contribution is -2.39. The lowest BCUT2D eigenvalue weighted by atomic mass is 10.2. The van der Waals surface area contributed by atoms with Crippen LogP contribution in [0.1, 0.15) is 41.5 Å². The molecule has 0 aromatic heterocycles. The molecule has 2 nitrogen and oxygen atoms in total. The number of benzene rings is 3. The second-order valence-electron chi connectivity index (χ2n) is 9.37. The van der Waals surface area contributed by atoms with E-state index < -0.39 is 18.1 Å². The van der Waals surface area contributed by atoms with E-state index in [1.165, 1.54) is 15.9 Å². The second-order valence-corrected chi connectivity index (χ2v) is 12.6. The van der Waals surface area contributed by atoms with Crippen molar-refractivity contribution in [2.24, 2.45) is 0 Å². The van der Waals surface area contributed by atoms with Gasteiger partial charge in [-0.25, -0.2) is 0 Å². The van der Waals surface area contributed by atoms with Crippen LogP contribution in [-0.2, 0) is 9.47 Å². The Morgan fingerprint density at radius 2 is 0.767 bits per heavy atom. The minimum absolute atomic E-state index is 0.399. The van der Waals surface area contributed by atoms with Gasteiger partial charge in [0.25, 0.3) is 0 Å². The average Bonchev–Trinajstić information content (AvgIpc) is 2.69. The molecule has 0 aliphatic carbocycles. The van der Waals surface area contributed by atoms with Crippen LogP contribution in [0.25, 0.3) is 0 Å². The lowest BCUT2D eigenvalue weighted by molar-refractivity contribution is 0.0172. The zero-order valence-corrected chi connectivity index (χ0v) is 19.8. The largest absolute Gasteiger partial charge is 0.319 e. The van der Waals surface area contributed by atoms with Crippen LogP contribution in [0.5, 0.6) is 0 Å². The van der Waals surface area contributed by atoms with E-state index in [1.807, 2.05) is 0 Å². The van der Waals surface area contributed by atoms with E-state index in [-0.39, 0.29) is 0 Å². The van der Waals surface area contributed by atoms with Crippen molar-refractivity contribution in [1.29, 1.82) is 0 Å². The Balaban J connectivity index is 2.55. The molecule has 0 saturated heterocycles. The summed E-state index contributed by atoms with van der Waals surface area (Å²) < 4.78 is 13.4. The van der Waals surface area contributed by atoms with Crippen LogP contribution in [0.4, 0.5) is 0 Å². The first-order chi connectivity index (χ1) is 14.1. The summed E-state index contributed by atoms with van der Waals surface area (Å²) >= 11 is 0. The van der Waals surface area contributed by atoms with Gasteiger partial charge in [-0.3, -0.25) is 0 Å². The first-order valence-corrected chi connectivity index (χ1v) is 12.2. The predicted molar refractivity (Wildman–Crippen MR) is 132 cm³/mol. The van der Waals surface area contributed by atoms with Gasteiger partial charge in [0.2, 0.25) is 0 Å². The van der Waals surface area contributed by atoms with E-state index in [2.05, 4.69) is 133 Å². The summed E-state index contributed by atoms with van der Waals surface area (Å²) in [6.45, 7) is 10.1. The van der Waals surface area contributed by atoms with Crippen molar-refractivity contribution in [2.45, 2.75) is 52.7 Å². The van der Waals surface area contributed by atoms with Gasteiger partial charge in [-0.2, -0.15) is 0 Å². The maximum absolute atomic E-state index is 6.69. The number of hydrogen-bond acceptors (Lipinski definition) is 2. The van der Waals surface area contributed by atoms with Crippen LogP contribution < -0.4 is 15.9 Å². The maximum Gasteiger partial charge on any atom is 0.190 e. The highest BCUT2D eigenvalue weighted by Crippen LogP contribution is 2.48. The maximum atomic E-state index is 6.69. The van der Waals surface area contributed by atoms with E-state index in [4.69, 9.17) is 9.47 Å². The highest BCUT2D eigenvalue weighted by atomic mass is 31.2. The van der Waals surface area contributed by atoms with Gasteiger partial charge in [-0.05, 0) is 57.5 Å². The van der Waals surface area contributed by atoms with Gasteiger partial charge in [0.05, 0.1) is 11.2 Å². The van der Waals surface area contributed by atoms with Crippen molar-refractivity contribution in [1.82, 2.24) is 0 Å². The van der Waals surface area contributed by atoms with E-state index in [1.54, 1.807) is 0 Å². The highest BCUT2D eigenvalue weighted by Gasteiger charge is 2.35. The molecule has 0 atom stereocenters. The zero-order chi connectivity index (χ0) is 21.8. The van der Waals surface area contributed by atoms with Crippen LogP contribution in [0.15, 0.2) is 91.0 Å². The molecule has 0 N–H and O–H groups in total. The number of hydrogen-bond donors (Lipinski definition) is 0. The molecule has 0 fully saturated rings. The molecule has 0 aliphatic rings. The molecule has 0 heterocycles. The number of ether oxygens (including phenoxy) is 2. The molecule has 0 unspecified atom stereocenters. The summed E-state index contributed by atoms with van der Waals surface area (Å²) in [7, 11) is 0. The van der Waals surface area contributed by atoms with Crippen molar-refractivity contribution in [3.63, 3.8) is 0 Å². The molecular formula is C27H33O2P. The molecule has 3 aromatic carbocycles. The van der Waals surface area contributed by atoms with Crippen LogP contribution in [0.2, 0.25) is 0 Å². The molecule has 0 aliphatic heterocycles. The Labute approximate surface area is 181 Å². The fourth-order valence-corrected chi connectivity index (χ4v) is 7.61. The molecular weight excluding hydrogens is 387 g/mol. The van der Waals surface area contributed by atoms with Gasteiger partial charge < -0.3 is 9.47 Å². The molecule has 0 amide bonds. The van der Waals surface area contributed by atoms with Crippen molar-refractivity contribution in [3.05, 3.63) is 91.0 Å². The molecule has 3 aromatic rings. The van der Waals surface area contributed by atoms with Gasteiger partial charge in [-0.15, -0.1) is 0 Å². The van der Waals surface area contributed by atoms with Crippen molar-refractivity contribution >= 4 is 28.5 Å². The molecule has 0 bridgehead atoms. The summed E-state index contributed by atoms with van der Waals surface area (Å²) in [6, 6.07) is 32.0. The van der Waals surface area contributed by atoms with Crippen LogP contribution >= 0.6 is 6.89 Å². The normalized spacial score (nSPS) is 12.6. The Morgan fingerprint density at radius 1 is 0.500 bits per heavy atom. The third kappa shape index (κ3) is 5.13. The summed E-state index contributed by atoms with van der Waals surface area (Å²) in [5.74, 6) is 0. The molecule has 158 valence electrons. The summed E-state index contributed by atoms with van der Waals surface area (Å²) in [6.07, 6.45) is 0. The summed E-state index contributed by atoms with van der Waals surface area (Å²) in [4.78, 5) is 0. The van der Waals surface area contributed by atoms with Gasteiger partial charge in [0, 0.05) is 6.89 Å². The first-order valence-electron chi connectivity index (χ1n) is 10.4. The minimum atomic E-state index is -2.38. The highest BCUT2D eigenvalue weighted by molar-refractivity contribution is 7.95. The smallest absolute Gasteiger partial charge is 0.190 e. The minimum Gasteiger partial charge on any atom is -0.319 e. The van der Waals surface area contributed by atoms with E-state index in [0.717, 1.165) is 0 Å². The quantitative estimate of drug-likeness (QED) is 0.493. The second kappa shape index (κ2) is 8.94. The van der Waals surface area contributed by atoms with Crippen LogP contribution in [0, 0.1) is 0 Å². The average molecular weight is 421 g/mol. The Bertz CT molecular complexity index is 874. The van der Waals surface area contributed by atoms with Crippen molar-refractivity contribution in [2.75, 3.05) is 0 Å². The van der Waals surface area contributed by atoms with E-state index in [0.29, 0.717) is 5.67 Å². The zero-order valence-electron chi connectivity index (χ0n) is 18.9. The lowest BCUT2D eigenvalue weighted by Gasteiger charge is -2.36. The number of rotatable bonds is 5. The molecule has 3 rings (SSSR count). The van der Waals surface area contributed by atoms with Gasteiger partial charge in [-0.1, -0.05) is 91.0 Å². The first kappa shape index (κ1) is 22.6. The Kier molecular flexibility index (Phi) is 6.72. The Morgan fingerprint density at radius 3 is 1.00 bits per heavy atom. The third-order valence-corrected chi connectivity index (χ3v) is 8.44. The van der Waals surface area contributed by atoms with Crippen LogP contribution in [-0.4, -0.2) is 16.9 Å². The summed E-state index contributed by atoms with van der Waals surface area (Å²) in [5.41, 5.74) is -0.0972. The SMILES string of the molecule is CC(C)(C)OC(OC(C)(C)C)=P(c1ccccc1)(c1ccccc1)c1ccccc1. The van der Waals surface area contributed by atoms with Crippen molar-refractivity contribution in [3.8, 4) is 0 Å². The van der Waals surface area contributed by atoms with E-state index in [9.17, 15) is 0 Å². The topological polar surface area (TPSA) is 18.5 Å². The van der Waals surface area contributed by atoms with Gasteiger partial charge in [0.1, 0.15) is 0 Å². The fourth-order valence-electron chi connectivity index (χ4n) is 3.40. The summed E-state index contributed by atoms with van der Waals surface area (Å²) in [5, 5.41) is 3.64. The van der Waals surface area contributed by atoms with E-state index >= 15 is 0 Å². The monoisotopic (exact) mass is 420 g/mol. The molecule has 0 radical (unpaired) electrons. The van der Waals surface area contributed by atoms with Gasteiger partial charge in [0.15, 0.2) is 5.67 Å². The fraction of sp³-hybridized carbons (Fsp3) is 0.296. The molecule has 0 saturated carbocycles. The standard InChI is InChI=1S/C27H33O2P/c1-26(2,3)28-25(29-27(4,5)6)30(22-16-10-7-11-17-22,23-18-12-8-13-19-23)24-20-14-9-15-21-24/h7-21H,1-6H3. The van der Waals surface area contributed by atoms with Crippen LogP contribution in [0.3, 0.4) is 0 Å². The molecule has 3 heteroatoms. The van der Waals surface area contributed by atoms with Crippen molar-refractivity contribution < 1.29 is 9.47 Å². The molecule has 30 heavy (non-hydrogen) atoms.